The molecular weight excluding hydrogens is 451 g/mol. The van der Waals surface area contributed by atoms with Gasteiger partial charge in [-0.15, -0.1) is 0 Å². The number of ether oxygens (including phenoxy) is 1. The number of hydrogen-bond donors (Lipinski definition) is 1. The summed E-state index contributed by atoms with van der Waals surface area (Å²) in [6, 6.07) is 13.9. The number of sulfonamides is 1. The zero-order chi connectivity index (χ0) is 21.7. The molecule has 0 radical (unpaired) electrons. The topological polar surface area (TPSA) is 88.8 Å². The Labute approximate surface area is 184 Å². The highest BCUT2D eigenvalue weighted by Gasteiger charge is 2.31. The molecule has 30 heavy (non-hydrogen) atoms. The number of halogens is 2. The second-order valence-corrected chi connectivity index (χ2v) is 8.79. The van der Waals surface area contributed by atoms with Crippen LogP contribution in [0.15, 0.2) is 70.2 Å². The molecule has 0 spiro atoms. The van der Waals surface area contributed by atoms with E-state index in [-0.39, 0.29) is 32.9 Å². The molecule has 0 atom stereocenters. The van der Waals surface area contributed by atoms with Crippen molar-refractivity contribution in [3.8, 4) is 5.75 Å². The van der Waals surface area contributed by atoms with Crippen LogP contribution < -0.4 is 14.4 Å². The van der Waals surface area contributed by atoms with Crippen LogP contribution >= 0.6 is 23.2 Å². The van der Waals surface area contributed by atoms with E-state index in [9.17, 15) is 13.2 Å². The first-order valence-corrected chi connectivity index (χ1v) is 10.9. The third-order valence-electron chi connectivity index (χ3n) is 4.14. The number of nitrogens with one attached hydrogen (secondary N) is 1. The SMILES string of the molecule is COc1ccccc1N(CC(=O)NCc1ccco1)S(=O)(=O)c1cc(Cl)ccc1Cl. The highest BCUT2D eigenvalue weighted by Crippen LogP contribution is 2.35. The van der Waals surface area contributed by atoms with Gasteiger partial charge < -0.3 is 14.5 Å². The second kappa shape index (κ2) is 9.42. The summed E-state index contributed by atoms with van der Waals surface area (Å²) in [4.78, 5) is 12.4. The number of carbonyl (C=O) groups is 1. The number of anilines is 1. The Morgan fingerprint density at radius 2 is 1.90 bits per heavy atom. The number of methoxy groups -OCH3 is 1. The molecule has 0 aliphatic carbocycles. The molecule has 1 N–H and O–H groups in total. The van der Waals surface area contributed by atoms with Crippen LogP contribution in [-0.4, -0.2) is 28.0 Å². The number of nitrogens with zero attached hydrogens (tertiary/aromatic N) is 1. The number of carbonyl (C=O) groups excluding carboxylic acids is 1. The summed E-state index contributed by atoms with van der Waals surface area (Å²) in [6.45, 7) is -0.393. The van der Waals surface area contributed by atoms with Gasteiger partial charge in [0.25, 0.3) is 10.0 Å². The molecule has 1 heterocycles. The van der Waals surface area contributed by atoms with Gasteiger partial charge in [-0.1, -0.05) is 35.3 Å². The number of amides is 1. The third-order valence-corrected chi connectivity index (χ3v) is 6.62. The lowest BCUT2D eigenvalue weighted by atomic mass is 10.3. The summed E-state index contributed by atoms with van der Waals surface area (Å²) in [6.07, 6.45) is 1.48. The first-order valence-electron chi connectivity index (χ1n) is 8.73. The minimum absolute atomic E-state index is 0.0182. The molecule has 0 fully saturated rings. The number of para-hydroxylation sites is 2. The van der Waals surface area contributed by atoms with Crippen molar-refractivity contribution in [2.24, 2.45) is 0 Å². The van der Waals surface area contributed by atoms with Gasteiger partial charge in [-0.25, -0.2) is 8.42 Å². The Kier molecular flexibility index (Phi) is 6.91. The molecule has 158 valence electrons. The largest absolute Gasteiger partial charge is 0.495 e. The summed E-state index contributed by atoms with van der Waals surface area (Å²) in [7, 11) is -2.84. The van der Waals surface area contributed by atoms with E-state index < -0.39 is 22.5 Å². The fraction of sp³-hybridized carbons (Fsp3) is 0.150. The Hall–Kier alpha value is -2.68. The lowest BCUT2D eigenvalue weighted by Crippen LogP contribution is -2.41. The lowest BCUT2D eigenvalue weighted by Gasteiger charge is -2.26. The molecule has 1 amide bonds. The third kappa shape index (κ3) is 4.89. The average molecular weight is 469 g/mol. The van der Waals surface area contributed by atoms with Crippen LogP contribution in [0.2, 0.25) is 10.0 Å². The highest BCUT2D eigenvalue weighted by atomic mass is 35.5. The predicted octanol–water partition coefficient (Wildman–Crippen LogP) is 4.11. The summed E-state index contributed by atoms with van der Waals surface area (Å²) >= 11 is 12.1. The van der Waals surface area contributed by atoms with E-state index >= 15 is 0 Å². The van der Waals surface area contributed by atoms with E-state index in [0.717, 1.165) is 4.31 Å². The van der Waals surface area contributed by atoms with Gasteiger partial charge in [0, 0.05) is 5.02 Å². The average Bonchev–Trinajstić information content (AvgIpc) is 3.25. The quantitative estimate of drug-likeness (QED) is 0.537. The lowest BCUT2D eigenvalue weighted by molar-refractivity contribution is -0.119. The molecule has 3 rings (SSSR count). The summed E-state index contributed by atoms with van der Waals surface area (Å²) < 4.78 is 38.4. The van der Waals surface area contributed by atoms with Crippen LogP contribution in [0.3, 0.4) is 0 Å². The maximum atomic E-state index is 13.5. The molecule has 0 aliphatic rings. The Balaban J connectivity index is 1.99. The van der Waals surface area contributed by atoms with Crippen LogP contribution in [0.25, 0.3) is 0 Å². The van der Waals surface area contributed by atoms with Crippen molar-refractivity contribution in [3.05, 3.63) is 76.7 Å². The molecule has 0 aliphatic heterocycles. The normalized spacial score (nSPS) is 11.2. The van der Waals surface area contributed by atoms with Gasteiger partial charge in [0.15, 0.2) is 0 Å². The summed E-state index contributed by atoms with van der Waals surface area (Å²) in [5, 5.41) is 2.81. The monoisotopic (exact) mass is 468 g/mol. The standard InChI is InChI=1S/C20H18Cl2N2O5S/c1-28-18-7-3-2-6-17(18)24(13-20(25)23-12-15-5-4-10-29-15)30(26,27)19-11-14(21)8-9-16(19)22/h2-11H,12-13H2,1H3,(H,23,25). The smallest absolute Gasteiger partial charge is 0.266 e. The molecule has 0 saturated heterocycles. The van der Waals surface area contributed by atoms with Crippen molar-refractivity contribution in [3.63, 3.8) is 0 Å². The number of rotatable bonds is 8. The van der Waals surface area contributed by atoms with Crippen molar-refractivity contribution in [2.45, 2.75) is 11.4 Å². The van der Waals surface area contributed by atoms with Crippen LogP contribution in [-0.2, 0) is 21.4 Å². The van der Waals surface area contributed by atoms with Crippen LogP contribution in [0, 0.1) is 0 Å². The van der Waals surface area contributed by atoms with Gasteiger partial charge in [-0.3, -0.25) is 9.10 Å². The molecule has 2 aromatic carbocycles. The van der Waals surface area contributed by atoms with E-state index in [1.54, 1.807) is 30.3 Å². The maximum absolute atomic E-state index is 13.5. The van der Waals surface area contributed by atoms with Crippen molar-refractivity contribution in [2.75, 3.05) is 18.0 Å². The zero-order valence-electron chi connectivity index (χ0n) is 15.8. The van der Waals surface area contributed by atoms with Crippen molar-refractivity contribution in [1.82, 2.24) is 5.32 Å². The van der Waals surface area contributed by atoms with Gasteiger partial charge in [0.05, 0.1) is 30.6 Å². The summed E-state index contributed by atoms with van der Waals surface area (Å²) in [5.74, 6) is 0.269. The van der Waals surface area contributed by atoms with Crippen molar-refractivity contribution >= 4 is 44.8 Å². The number of furan rings is 1. The van der Waals surface area contributed by atoms with Crippen molar-refractivity contribution in [1.29, 1.82) is 0 Å². The highest BCUT2D eigenvalue weighted by molar-refractivity contribution is 7.93. The molecule has 1 aromatic heterocycles. The van der Waals surface area contributed by atoms with E-state index in [0.29, 0.717) is 5.76 Å². The molecular formula is C20H18Cl2N2O5S. The minimum Gasteiger partial charge on any atom is -0.495 e. The van der Waals surface area contributed by atoms with Crippen LogP contribution in [0.5, 0.6) is 5.75 Å². The fourth-order valence-corrected chi connectivity index (χ4v) is 4.89. The molecule has 0 unspecified atom stereocenters. The molecule has 3 aromatic rings. The Bertz CT molecular complexity index is 1130. The molecule has 0 saturated carbocycles. The fourth-order valence-electron chi connectivity index (χ4n) is 2.71. The van der Waals surface area contributed by atoms with Gasteiger partial charge in [0.1, 0.15) is 22.9 Å². The Morgan fingerprint density at radius 1 is 1.13 bits per heavy atom. The first kappa shape index (κ1) is 22.0. The van der Waals surface area contributed by atoms with Gasteiger partial charge in [-0.05, 0) is 42.5 Å². The Morgan fingerprint density at radius 3 is 2.60 bits per heavy atom. The van der Waals surface area contributed by atoms with Crippen LogP contribution in [0.4, 0.5) is 5.69 Å². The van der Waals surface area contributed by atoms with E-state index in [1.807, 2.05) is 0 Å². The molecule has 0 bridgehead atoms. The van der Waals surface area contributed by atoms with E-state index in [4.69, 9.17) is 32.4 Å². The van der Waals surface area contributed by atoms with Crippen molar-refractivity contribution < 1.29 is 22.4 Å². The first-order chi connectivity index (χ1) is 14.3. The summed E-state index contributed by atoms with van der Waals surface area (Å²) in [5.41, 5.74) is 0.184. The van der Waals surface area contributed by atoms with Gasteiger partial charge in [0.2, 0.25) is 5.91 Å². The number of hydrogen-bond acceptors (Lipinski definition) is 5. The number of benzene rings is 2. The minimum atomic E-state index is -4.25. The van der Waals surface area contributed by atoms with Gasteiger partial charge >= 0.3 is 0 Å². The zero-order valence-corrected chi connectivity index (χ0v) is 18.2. The molecule has 10 heteroatoms. The van der Waals surface area contributed by atoms with E-state index in [2.05, 4.69) is 5.32 Å². The predicted molar refractivity (Wildman–Crippen MR) is 115 cm³/mol. The van der Waals surface area contributed by atoms with Crippen LogP contribution in [0.1, 0.15) is 5.76 Å². The maximum Gasteiger partial charge on any atom is 0.266 e. The molecule has 7 nitrogen and oxygen atoms in total. The van der Waals surface area contributed by atoms with Gasteiger partial charge in [-0.2, -0.15) is 0 Å². The van der Waals surface area contributed by atoms with E-state index in [1.165, 1.54) is 37.6 Å². The second-order valence-electron chi connectivity index (χ2n) is 6.11.